The number of fused-ring (bicyclic) bond motifs is 3. The maximum absolute atomic E-state index is 13.1. The lowest BCUT2D eigenvalue weighted by Crippen LogP contribution is -2.39. The average molecular weight is 424 g/mol. The van der Waals surface area contributed by atoms with Crippen LogP contribution in [0.2, 0.25) is 0 Å². The minimum atomic E-state index is -1.11. The molecule has 6 nitrogen and oxygen atoms in total. The van der Waals surface area contributed by atoms with E-state index in [1.165, 1.54) is 0 Å². The minimum Gasteiger partial charge on any atom is -0.508 e. The number of carbonyl (C=O) groups is 1. The van der Waals surface area contributed by atoms with Gasteiger partial charge in [0.05, 0.1) is 12.0 Å². The Morgan fingerprint density at radius 3 is 2.39 bits per heavy atom. The number of ketones is 1. The highest BCUT2D eigenvalue weighted by atomic mass is 16.5. The van der Waals surface area contributed by atoms with E-state index in [0.717, 1.165) is 11.1 Å². The Morgan fingerprint density at radius 1 is 1.10 bits per heavy atom. The van der Waals surface area contributed by atoms with Gasteiger partial charge in [0.25, 0.3) is 0 Å². The molecule has 31 heavy (non-hydrogen) atoms. The van der Waals surface area contributed by atoms with Crippen LogP contribution in [0.1, 0.15) is 67.3 Å². The number of phenols is 2. The standard InChI is InChI=1S/C25H28O6/c1-13(2)5-10-16-22(28)21-18(27)12-19(14-6-8-15(26)9-7-14)30-24(21)17-11-20(25(3,4)29)31-23(16)17/h5-9,19-20,26,28-29H,10-12H2,1-4H3. The predicted molar refractivity (Wildman–Crippen MR) is 116 cm³/mol. The molecule has 2 unspecified atom stereocenters. The zero-order valence-electron chi connectivity index (χ0n) is 18.2. The highest BCUT2D eigenvalue weighted by Gasteiger charge is 2.43. The molecule has 0 saturated carbocycles. The van der Waals surface area contributed by atoms with E-state index in [1.54, 1.807) is 38.1 Å². The smallest absolute Gasteiger partial charge is 0.174 e. The molecule has 4 rings (SSSR count). The summed E-state index contributed by atoms with van der Waals surface area (Å²) in [6.07, 6.45) is 1.79. The van der Waals surface area contributed by atoms with Crippen molar-refractivity contribution >= 4 is 5.78 Å². The molecule has 0 spiro atoms. The van der Waals surface area contributed by atoms with E-state index in [0.29, 0.717) is 35.5 Å². The Morgan fingerprint density at radius 2 is 1.77 bits per heavy atom. The van der Waals surface area contributed by atoms with Crippen molar-refractivity contribution in [3.8, 4) is 23.0 Å². The first-order valence-electron chi connectivity index (χ1n) is 10.5. The van der Waals surface area contributed by atoms with Gasteiger partial charge in [0, 0.05) is 17.5 Å². The molecule has 2 aliphatic heterocycles. The second kappa shape index (κ2) is 7.61. The zero-order valence-corrected chi connectivity index (χ0v) is 18.2. The molecule has 2 heterocycles. The third kappa shape index (κ3) is 3.88. The monoisotopic (exact) mass is 424 g/mol. The highest BCUT2D eigenvalue weighted by molar-refractivity contribution is 6.04. The van der Waals surface area contributed by atoms with Crippen molar-refractivity contribution in [2.24, 2.45) is 0 Å². The number of aliphatic hydroxyl groups is 1. The molecule has 0 aromatic heterocycles. The summed E-state index contributed by atoms with van der Waals surface area (Å²) in [5.41, 5.74) is 2.17. The van der Waals surface area contributed by atoms with Crippen LogP contribution in [0.3, 0.4) is 0 Å². The van der Waals surface area contributed by atoms with Crippen LogP contribution in [-0.4, -0.2) is 32.8 Å². The highest BCUT2D eigenvalue weighted by Crippen LogP contribution is 2.52. The summed E-state index contributed by atoms with van der Waals surface area (Å²) in [5.74, 6) is 0.631. The van der Waals surface area contributed by atoms with Crippen LogP contribution in [0, 0.1) is 0 Å². The topological polar surface area (TPSA) is 96.2 Å². The van der Waals surface area contributed by atoms with Crippen molar-refractivity contribution in [2.75, 3.05) is 0 Å². The molecule has 0 fully saturated rings. The van der Waals surface area contributed by atoms with E-state index >= 15 is 0 Å². The van der Waals surface area contributed by atoms with E-state index < -0.39 is 17.8 Å². The van der Waals surface area contributed by atoms with Gasteiger partial charge in [-0.05, 0) is 51.8 Å². The number of carbonyl (C=O) groups excluding carboxylic acids is 1. The molecule has 2 aromatic carbocycles. The van der Waals surface area contributed by atoms with E-state index in [4.69, 9.17) is 9.47 Å². The van der Waals surface area contributed by atoms with Gasteiger partial charge in [-0.25, -0.2) is 0 Å². The number of hydrogen-bond donors (Lipinski definition) is 3. The van der Waals surface area contributed by atoms with Gasteiger partial charge in [-0.15, -0.1) is 0 Å². The molecule has 6 heteroatoms. The van der Waals surface area contributed by atoms with Gasteiger partial charge in [-0.2, -0.15) is 0 Å². The largest absolute Gasteiger partial charge is 0.508 e. The van der Waals surface area contributed by atoms with E-state index in [2.05, 4.69) is 0 Å². The molecular weight excluding hydrogens is 396 g/mol. The van der Waals surface area contributed by atoms with Gasteiger partial charge < -0.3 is 24.8 Å². The first kappa shape index (κ1) is 21.2. The molecule has 2 aliphatic rings. The van der Waals surface area contributed by atoms with Gasteiger partial charge in [0.1, 0.15) is 40.8 Å². The number of benzene rings is 2. The van der Waals surface area contributed by atoms with Crippen molar-refractivity contribution < 1.29 is 29.6 Å². The Hall–Kier alpha value is -2.99. The molecular formula is C25H28O6. The number of rotatable bonds is 4. The quantitative estimate of drug-likeness (QED) is 0.630. The predicted octanol–water partition coefficient (Wildman–Crippen LogP) is 4.39. The summed E-state index contributed by atoms with van der Waals surface area (Å²) < 4.78 is 12.4. The molecule has 0 radical (unpaired) electrons. The Labute approximate surface area is 181 Å². The summed E-state index contributed by atoms with van der Waals surface area (Å²) in [7, 11) is 0. The summed E-state index contributed by atoms with van der Waals surface area (Å²) >= 11 is 0. The van der Waals surface area contributed by atoms with Crippen molar-refractivity contribution in [1.82, 2.24) is 0 Å². The first-order valence-corrected chi connectivity index (χ1v) is 10.5. The second-order valence-corrected chi connectivity index (χ2v) is 9.11. The van der Waals surface area contributed by atoms with Crippen molar-refractivity contribution in [2.45, 2.75) is 64.8 Å². The molecule has 3 N–H and O–H groups in total. The second-order valence-electron chi connectivity index (χ2n) is 9.11. The van der Waals surface area contributed by atoms with Crippen molar-refractivity contribution in [3.05, 3.63) is 58.2 Å². The maximum atomic E-state index is 13.1. The summed E-state index contributed by atoms with van der Waals surface area (Å²) in [6.45, 7) is 7.28. The van der Waals surface area contributed by atoms with E-state index in [1.807, 2.05) is 19.9 Å². The van der Waals surface area contributed by atoms with Crippen LogP contribution < -0.4 is 9.47 Å². The number of hydrogen-bond acceptors (Lipinski definition) is 6. The van der Waals surface area contributed by atoms with Crippen LogP contribution in [-0.2, 0) is 12.8 Å². The number of Topliss-reactive ketones (excluding diaryl/α,β-unsaturated/α-hetero) is 1. The number of allylic oxidation sites excluding steroid dienone is 2. The fourth-order valence-corrected chi connectivity index (χ4v) is 4.11. The average Bonchev–Trinajstić information content (AvgIpc) is 3.13. The molecule has 2 aromatic rings. The van der Waals surface area contributed by atoms with Crippen LogP contribution >= 0.6 is 0 Å². The van der Waals surface area contributed by atoms with E-state index in [-0.39, 0.29) is 29.3 Å². The van der Waals surface area contributed by atoms with Gasteiger partial charge in [-0.3, -0.25) is 4.79 Å². The Kier molecular flexibility index (Phi) is 5.21. The van der Waals surface area contributed by atoms with Gasteiger partial charge >= 0.3 is 0 Å². The van der Waals surface area contributed by atoms with Crippen LogP contribution in [0.25, 0.3) is 0 Å². The third-order valence-corrected chi connectivity index (χ3v) is 5.90. The van der Waals surface area contributed by atoms with Gasteiger partial charge in [0.2, 0.25) is 0 Å². The van der Waals surface area contributed by atoms with Gasteiger partial charge in [-0.1, -0.05) is 23.8 Å². The summed E-state index contributed by atoms with van der Waals surface area (Å²) in [6, 6.07) is 6.54. The number of aromatic hydroxyl groups is 2. The van der Waals surface area contributed by atoms with Gasteiger partial charge in [0.15, 0.2) is 5.78 Å². The lowest BCUT2D eigenvalue weighted by atomic mass is 9.88. The molecule has 0 saturated heterocycles. The fraction of sp³-hybridized carbons (Fsp3) is 0.400. The van der Waals surface area contributed by atoms with E-state index in [9.17, 15) is 20.1 Å². The van der Waals surface area contributed by atoms with Crippen molar-refractivity contribution in [1.29, 1.82) is 0 Å². The molecule has 0 bridgehead atoms. The lowest BCUT2D eigenvalue weighted by Gasteiger charge is -2.28. The van der Waals surface area contributed by atoms with Crippen molar-refractivity contribution in [3.63, 3.8) is 0 Å². The summed E-state index contributed by atoms with van der Waals surface area (Å²) in [4.78, 5) is 13.1. The maximum Gasteiger partial charge on any atom is 0.174 e. The third-order valence-electron chi connectivity index (χ3n) is 5.90. The Balaban J connectivity index is 1.84. The van der Waals surface area contributed by atoms with Crippen LogP contribution in [0.5, 0.6) is 23.0 Å². The minimum absolute atomic E-state index is 0.0853. The van der Waals surface area contributed by atoms with Crippen LogP contribution in [0.15, 0.2) is 35.9 Å². The molecule has 164 valence electrons. The molecule has 0 amide bonds. The SMILES string of the molecule is CC(C)=CCc1c(O)c2c(c3c1OC(C(C)(C)O)C3)OC(c1ccc(O)cc1)CC2=O. The zero-order chi connectivity index (χ0) is 22.5. The molecule has 2 atom stereocenters. The Bertz CT molecular complexity index is 1060. The fourth-order valence-electron chi connectivity index (χ4n) is 4.11. The normalized spacial score (nSPS) is 19.8. The molecule has 0 aliphatic carbocycles. The summed E-state index contributed by atoms with van der Waals surface area (Å²) in [5, 5.41) is 31.2. The number of ether oxygens (including phenoxy) is 2. The number of phenolic OH excluding ortho intramolecular Hbond substituents is 2. The van der Waals surface area contributed by atoms with Crippen LogP contribution in [0.4, 0.5) is 0 Å². The first-order chi connectivity index (χ1) is 14.6. The lowest BCUT2D eigenvalue weighted by molar-refractivity contribution is -0.0232.